The van der Waals surface area contributed by atoms with E-state index in [1.54, 1.807) is 23.7 Å². The number of rotatable bonds is 5. The minimum absolute atomic E-state index is 0.00248. The highest BCUT2D eigenvalue weighted by molar-refractivity contribution is 7.89. The zero-order valence-corrected chi connectivity index (χ0v) is 18.6. The van der Waals surface area contributed by atoms with Gasteiger partial charge in [0.1, 0.15) is 5.56 Å². The van der Waals surface area contributed by atoms with E-state index in [1.165, 1.54) is 16.6 Å². The Hall–Kier alpha value is -2.23. The average Bonchev–Trinajstić information content (AvgIpc) is 3.13. The number of aryl methyl sites for hydroxylation is 1. The molecule has 2 aliphatic rings. The maximum Gasteiger partial charge on any atom is 0.256 e. The number of nitrogens with one attached hydrogen (secondary N) is 1. The molecule has 0 saturated carbocycles. The summed E-state index contributed by atoms with van der Waals surface area (Å²) in [4.78, 5) is 25.9. The Bertz CT molecular complexity index is 1130. The van der Waals surface area contributed by atoms with Crippen molar-refractivity contribution in [2.45, 2.75) is 49.5 Å². The maximum absolute atomic E-state index is 13.2. The fourth-order valence-corrected chi connectivity index (χ4v) is 5.88. The van der Waals surface area contributed by atoms with E-state index in [1.807, 2.05) is 0 Å². The van der Waals surface area contributed by atoms with Crippen LogP contribution < -0.4 is 10.7 Å². The zero-order chi connectivity index (χ0) is 22.0. The van der Waals surface area contributed by atoms with Crippen molar-refractivity contribution in [3.63, 3.8) is 0 Å². The molecule has 31 heavy (non-hydrogen) atoms. The van der Waals surface area contributed by atoms with E-state index in [0.29, 0.717) is 31.8 Å². The van der Waals surface area contributed by atoms with Gasteiger partial charge in [-0.3, -0.25) is 9.59 Å². The second-order valence-corrected chi connectivity index (χ2v) is 10.3. The Labute approximate surface area is 182 Å². The minimum Gasteiger partial charge on any atom is -0.376 e. The molecule has 1 amide bonds. The van der Waals surface area contributed by atoms with E-state index >= 15 is 0 Å². The van der Waals surface area contributed by atoms with E-state index in [2.05, 4.69) is 5.32 Å². The molecule has 2 aromatic rings. The van der Waals surface area contributed by atoms with Crippen LogP contribution in [0.15, 0.2) is 34.1 Å². The molecule has 3 heterocycles. The summed E-state index contributed by atoms with van der Waals surface area (Å²) in [6.45, 7) is 2.02. The highest BCUT2D eigenvalue weighted by Crippen LogP contribution is 2.23. The molecule has 2 fully saturated rings. The molecule has 1 aromatic heterocycles. The first-order valence-electron chi connectivity index (χ1n) is 10.9. The largest absolute Gasteiger partial charge is 0.376 e. The van der Waals surface area contributed by atoms with Gasteiger partial charge in [0.25, 0.3) is 5.91 Å². The smallest absolute Gasteiger partial charge is 0.256 e. The van der Waals surface area contributed by atoms with Crippen molar-refractivity contribution in [2.75, 3.05) is 26.2 Å². The van der Waals surface area contributed by atoms with Crippen molar-refractivity contribution in [3.05, 3.63) is 40.2 Å². The number of amides is 1. The van der Waals surface area contributed by atoms with Crippen LogP contribution in [-0.4, -0.2) is 55.5 Å². The number of ether oxygens (including phenoxy) is 1. The van der Waals surface area contributed by atoms with Crippen molar-refractivity contribution < 1.29 is 17.9 Å². The summed E-state index contributed by atoms with van der Waals surface area (Å²) >= 11 is 0. The molecule has 9 heteroatoms. The van der Waals surface area contributed by atoms with Gasteiger partial charge < -0.3 is 14.6 Å². The van der Waals surface area contributed by atoms with Crippen LogP contribution in [0.3, 0.4) is 0 Å². The van der Waals surface area contributed by atoms with Gasteiger partial charge in [-0.05, 0) is 43.9 Å². The summed E-state index contributed by atoms with van der Waals surface area (Å²) in [5, 5.41) is 3.00. The van der Waals surface area contributed by atoms with E-state index < -0.39 is 21.4 Å². The average molecular weight is 448 g/mol. The molecular formula is C22H29N3O5S. The number of carbonyl (C=O) groups is 1. The van der Waals surface area contributed by atoms with Crippen LogP contribution in [0, 0.1) is 0 Å². The summed E-state index contributed by atoms with van der Waals surface area (Å²) < 4.78 is 35.0. The Balaban J connectivity index is 1.67. The lowest BCUT2D eigenvalue weighted by Crippen LogP contribution is -2.35. The Kier molecular flexibility index (Phi) is 6.45. The number of fused-ring (bicyclic) bond motifs is 1. The van der Waals surface area contributed by atoms with Gasteiger partial charge >= 0.3 is 0 Å². The molecule has 0 aliphatic carbocycles. The van der Waals surface area contributed by atoms with Crippen LogP contribution in [0.5, 0.6) is 0 Å². The predicted octanol–water partition coefficient (Wildman–Crippen LogP) is 2.01. The van der Waals surface area contributed by atoms with Gasteiger partial charge in [-0.2, -0.15) is 4.31 Å². The third-order valence-electron chi connectivity index (χ3n) is 6.12. The second kappa shape index (κ2) is 9.10. The van der Waals surface area contributed by atoms with E-state index in [4.69, 9.17) is 4.74 Å². The molecular weight excluding hydrogens is 418 g/mol. The van der Waals surface area contributed by atoms with Crippen molar-refractivity contribution in [1.29, 1.82) is 0 Å². The number of hydrogen-bond donors (Lipinski definition) is 1. The SMILES string of the molecule is Cn1cc(C(=O)NC[C@@H]2CCCO2)c(=O)c2cc(S(=O)(=O)N3CCCCCC3)ccc21. The molecule has 4 rings (SSSR count). The van der Waals surface area contributed by atoms with Gasteiger partial charge in [-0.1, -0.05) is 12.8 Å². The standard InChI is InChI=1S/C22H29N3O5S/c1-24-15-19(22(27)23-14-16-7-6-12-30-16)21(26)18-13-17(8-9-20(18)24)31(28,29)25-10-4-2-3-5-11-25/h8-9,13,15-16H,2-7,10-12,14H2,1H3,(H,23,27)/t16-/m0/s1. The third kappa shape index (κ3) is 4.53. The van der Waals surface area contributed by atoms with Gasteiger partial charge in [0.2, 0.25) is 15.5 Å². The topological polar surface area (TPSA) is 97.7 Å². The van der Waals surface area contributed by atoms with Crippen LogP contribution in [0.4, 0.5) is 0 Å². The summed E-state index contributed by atoms with van der Waals surface area (Å²) in [7, 11) is -1.96. The fraction of sp³-hybridized carbons (Fsp3) is 0.545. The van der Waals surface area contributed by atoms with Gasteiger partial charge in [-0.25, -0.2) is 8.42 Å². The fourth-order valence-electron chi connectivity index (χ4n) is 4.33. The highest BCUT2D eigenvalue weighted by atomic mass is 32.2. The highest BCUT2D eigenvalue weighted by Gasteiger charge is 2.26. The summed E-state index contributed by atoms with van der Waals surface area (Å²) in [5.41, 5.74) is 0.110. The first kappa shape index (κ1) is 22.0. The molecule has 1 atom stereocenters. The van der Waals surface area contributed by atoms with E-state index in [9.17, 15) is 18.0 Å². The predicted molar refractivity (Wildman–Crippen MR) is 118 cm³/mol. The van der Waals surface area contributed by atoms with Crippen LogP contribution in [0.2, 0.25) is 0 Å². The number of carbonyl (C=O) groups excluding carboxylic acids is 1. The monoisotopic (exact) mass is 447 g/mol. The molecule has 0 radical (unpaired) electrons. The van der Waals surface area contributed by atoms with Gasteiger partial charge in [0.05, 0.1) is 16.5 Å². The molecule has 168 valence electrons. The molecule has 0 bridgehead atoms. The second-order valence-electron chi connectivity index (χ2n) is 8.33. The lowest BCUT2D eigenvalue weighted by Gasteiger charge is -2.20. The maximum atomic E-state index is 13.2. The number of aromatic nitrogens is 1. The molecule has 1 N–H and O–H groups in total. The molecule has 1 aromatic carbocycles. The van der Waals surface area contributed by atoms with Crippen molar-refractivity contribution in [2.24, 2.45) is 7.05 Å². The molecule has 8 nitrogen and oxygen atoms in total. The molecule has 2 saturated heterocycles. The molecule has 0 unspecified atom stereocenters. The van der Waals surface area contributed by atoms with Crippen molar-refractivity contribution >= 4 is 26.8 Å². The quantitative estimate of drug-likeness (QED) is 0.756. The van der Waals surface area contributed by atoms with E-state index in [-0.39, 0.29) is 21.9 Å². The molecule has 2 aliphatic heterocycles. The number of nitrogens with zero attached hydrogens (tertiary/aromatic N) is 2. The zero-order valence-electron chi connectivity index (χ0n) is 17.8. The summed E-state index contributed by atoms with van der Waals surface area (Å²) in [5.74, 6) is -0.473. The Morgan fingerprint density at radius 2 is 1.90 bits per heavy atom. The van der Waals surface area contributed by atoms with Gasteiger partial charge in [0, 0.05) is 44.9 Å². The van der Waals surface area contributed by atoms with Gasteiger partial charge in [0.15, 0.2) is 0 Å². The first-order valence-corrected chi connectivity index (χ1v) is 12.4. The van der Waals surface area contributed by atoms with Crippen LogP contribution in [0.1, 0.15) is 48.9 Å². The molecule has 0 spiro atoms. The van der Waals surface area contributed by atoms with Crippen LogP contribution >= 0.6 is 0 Å². The number of benzene rings is 1. The number of hydrogen-bond acceptors (Lipinski definition) is 5. The lowest BCUT2D eigenvalue weighted by molar-refractivity contribution is 0.0856. The number of pyridine rings is 1. The van der Waals surface area contributed by atoms with Crippen LogP contribution in [0.25, 0.3) is 10.9 Å². The first-order chi connectivity index (χ1) is 14.9. The Morgan fingerprint density at radius 3 is 2.58 bits per heavy atom. The van der Waals surface area contributed by atoms with Crippen LogP contribution in [-0.2, 0) is 21.8 Å². The van der Waals surface area contributed by atoms with Gasteiger partial charge in [-0.15, -0.1) is 0 Å². The van der Waals surface area contributed by atoms with Crippen molar-refractivity contribution in [3.8, 4) is 0 Å². The summed E-state index contributed by atoms with van der Waals surface area (Å²) in [6.07, 6.45) is 7.04. The normalized spacial score (nSPS) is 20.6. The Morgan fingerprint density at radius 1 is 1.16 bits per heavy atom. The van der Waals surface area contributed by atoms with Crippen molar-refractivity contribution in [1.82, 2.24) is 14.2 Å². The van der Waals surface area contributed by atoms with E-state index in [0.717, 1.165) is 38.5 Å². The third-order valence-corrected chi connectivity index (χ3v) is 8.02. The number of sulfonamides is 1. The minimum atomic E-state index is -3.69. The summed E-state index contributed by atoms with van der Waals surface area (Å²) in [6, 6.07) is 4.59. The lowest BCUT2D eigenvalue weighted by atomic mass is 10.1.